The first-order chi connectivity index (χ1) is 13.0. The van der Waals surface area contributed by atoms with Crippen molar-refractivity contribution in [3.63, 3.8) is 0 Å². The van der Waals surface area contributed by atoms with Crippen LogP contribution in [0.2, 0.25) is 5.02 Å². The maximum absolute atomic E-state index is 12.5. The molecule has 2 heterocycles. The van der Waals surface area contributed by atoms with Gasteiger partial charge in [-0.1, -0.05) is 11.6 Å². The largest absolute Gasteiger partial charge is 0.354 e. The van der Waals surface area contributed by atoms with Crippen molar-refractivity contribution in [1.82, 2.24) is 14.9 Å². The van der Waals surface area contributed by atoms with Crippen LogP contribution in [0, 0.1) is 6.92 Å². The average molecular weight is 381 g/mol. The maximum atomic E-state index is 12.5. The summed E-state index contributed by atoms with van der Waals surface area (Å²) < 4.78 is 0. The van der Waals surface area contributed by atoms with Gasteiger partial charge in [0.15, 0.2) is 0 Å². The summed E-state index contributed by atoms with van der Waals surface area (Å²) in [4.78, 5) is 22.5. The van der Waals surface area contributed by atoms with Crippen molar-refractivity contribution in [1.29, 1.82) is 0 Å². The lowest BCUT2D eigenvalue weighted by Crippen LogP contribution is -2.29. The van der Waals surface area contributed by atoms with Crippen molar-refractivity contribution in [3.8, 4) is 0 Å². The van der Waals surface area contributed by atoms with Gasteiger partial charge in [0.05, 0.1) is 11.9 Å². The number of nitrogens with one attached hydrogen (secondary N) is 1. The number of hydrogen-bond acceptors (Lipinski definition) is 4. The molecule has 27 heavy (non-hydrogen) atoms. The number of aryl methyl sites for hydroxylation is 1. The number of aromatic nitrogens is 2. The van der Waals surface area contributed by atoms with Gasteiger partial charge in [0.2, 0.25) is 0 Å². The predicted octanol–water partition coefficient (Wildman–Crippen LogP) is 4.50. The molecule has 6 heteroatoms. The molecule has 5 nitrogen and oxygen atoms in total. The Kier molecular flexibility index (Phi) is 6.04. The van der Waals surface area contributed by atoms with Gasteiger partial charge in [-0.15, -0.1) is 0 Å². The SMILES string of the molecule is Cc1cc(Cl)ccc1Nc1ccc(C(=O)N(C)CCc2ccncc2)nc1. The molecule has 1 aromatic carbocycles. The van der Waals surface area contributed by atoms with E-state index in [0.717, 1.165) is 28.9 Å². The summed E-state index contributed by atoms with van der Waals surface area (Å²) in [5, 5.41) is 3.99. The predicted molar refractivity (Wildman–Crippen MR) is 109 cm³/mol. The van der Waals surface area contributed by atoms with Gasteiger partial charge in [-0.3, -0.25) is 9.78 Å². The van der Waals surface area contributed by atoms with E-state index in [1.807, 2.05) is 43.3 Å². The molecule has 0 fully saturated rings. The Balaban J connectivity index is 1.61. The van der Waals surface area contributed by atoms with Gasteiger partial charge in [-0.25, -0.2) is 4.98 Å². The smallest absolute Gasteiger partial charge is 0.272 e. The Labute approximate surface area is 164 Å². The second kappa shape index (κ2) is 8.64. The Hall–Kier alpha value is -2.92. The lowest BCUT2D eigenvalue weighted by molar-refractivity contribution is 0.0791. The standard InChI is InChI=1S/C21H21ClN4O/c1-15-13-17(22)3-5-19(15)25-18-4-6-20(24-14-18)21(27)26(2)12-9-16-7-10-23-11-8-16/h3-8,10-11,13-14,25H,9,12H2,1-2H3. The highest BCUT2D eigenvalue weighted by atomic mass is 35.5. The van der Waals surface area contributed by atoms with Crippen LogP contribution in [0.15, 0.2) is 61.1 Å². The van der Waals surface area contributed by atoms with Gasteiger partial charge in [-0.05, 0) is 66.9 Å². The summed E-state index contributed by atoms with van der Waals surface area (Å²) in [5.41, 5.74) is 4.38. The van der Waals surface area contributed by atoms with Crippen molar-refractivity contribution in [2.24, 2.45) is 0 Å². The van der Waals surface area contributed by atoms with Gasteiger partial charge < -0.3 is 10.2 Å². The van der Waals surface area contributed by atoms with Gasteiger partial charge in [0, 0.05) is 36.7 Å². The minimum Gasteiger partial charge on any atom is -0.354 e. The summed E-state index contributed by atoms with van der Waals surface area (Å²) in [6.45, 7) is 2.60. The number of amides is 1. The average Bonchev–Trinajstić information content (AvgIpc) is 2.69. The monoisotopic (exact) mass is 380 g/mol. The number of rotatable bonds is 6. The second-order valence-corrected chi connectivity index (χ2v) is 6.78. The van der Waals surface area contributed by atoms with Crippen LogP contribution in [-0.2, 0) is 6.42 Å². The van der Waals surface area contributed by atoms with E-state index >= 15 is 0 Å². The highest BCUT2D eigenvalue weighted by Crippen LogP contribution is 2.23. The molecule has 3 rings (SSSR count). The quantitative estimate of drug-likeness (QED) is 0.684. The molecule has 0 spiro atoms. The van der Waals surface area contributed by atoms with E-state index in [0.29, 0.717) is 17.3 Å². The Morgan fingerprint density at radius 1 is 1.15 bits per heavy atom. The van der Waals surface area contributed by atoms with E-state index in [1.165, 1.54) is 0 Å². The summed E-state index contributed by atoms with van der Waals surface area (Å²) in [5.74, 6) is -0.0988. The Morgan fingerprint density at radius 3 is 2.59 bits per heavy atom. The van der Waals surface area contributed by atoms with Gasteiger partial charge in [0.1, 0.15) is 5.69 Å². The molecule has 138 valence electrons. The molecular weight excluding hydrogens is 360 g/mol. The van der Waals surface area contributed by atoms with Gasteiger partial charge in [-0.2, -0.15) is 0 Å². The minimum atomic E-state index is -0.0988. The molecule has 1 amide bonds. The van der Waals surface area contributed by atoms with E-state index < -0.39 is 0 Å². The molecular formula is C21H21ClN4O. The molecule has 0 aliphatic carbocycles. The lowest BCUT2D eigenvalue weighted by Gasteiger charge is -2.17. The van der Waals surface area contributed by atoms with Crippen LogP contribution >= 0.6 is 11.6 Å². The van der Waals surface area contributed by atoms with Crippen molar-refractivity contribution >= 4 is 28.9 Å². The number of carbonyl (C=O) groups excluding carboxylic acids is 1. The molecule has 0 aliphatic rings. The molecule has 0 saturated heterocycles. The van der Waals surface area contributed by atoms with Gasteiger partial charge >= 0.3 is 0 Å². The zero-order valence-electron chi connectivity index (χ0n) is 15.3. The normalized spacial score (nSPS) is 10.5. The highest BCUT2D eigenvalue weighted by molar-refractivity contribution is 6.30. The number of nitrogens with zero attached hydrogens (tertiary/aromatic N) is 3. The number of carbonyl (C=O) groups is 1. The first kappa shape index (κ1) is 18.9. The molecule has 0 saturated carbocycles. The summed E-state index contributed by atoms with van der Waals surface area (Å²) >= 11 is 5.98. The van der Waals surface area contributed by atoms with Crippen LogP contribution < -0.4 is 5.32 Å². The zero-order valence-corrected chi connectivity index (χ0v) is 16.1. The zero-order chi connectivity index (χ0) is 19.2. The van der Waals surface area contributed by atoms with Crippen LogP contribution in [0.4, 0.5) is 11.4 Å². The van der Waals surface area contributed by atoms with Crippen molar-refractivity contribution in [2.75, 3.05) is 18.9 Å². The third kappa shape index (κ3) is 5.05. The molecule has 0 aliphatic heterocycles. The fourth-order valence-corrected chi connectivity index (χ4v) is 2.89. The first-order valence-corrected chi connectivity index (χ1v) is 9.04. The highest BCUT2D eigenvalue weighted by Gasteiger charge is 2.13. The minimum absolute atomic E-state index is 0.0988. The first-order valence-electron chi connectivity index (χ1n) is 8.66. The van der Waals surface area contributed by atoms with Crippen molar-refractivity contribution in [3.05, 3.63) is 82.9 Å². The van der Waals surface area contributed by atoms with Gasteiger partial charge in [0.25, 0.3) is 5.91 Å². The Morgan fingerprint density at radius 2 is 1.93 bits per heavy atom. The van der Waals surface area contributed by atoms with Crippen LogP contribution in [0.3, 0.4) is 0 Å². The molecule has 1 N–H and O–H groups in total. The lowest BCUT2D eigenvalue weighted by atomic mass is 10.2. The van der Waals surface area contributed by atoms with Crippen LogP contribution in [0.5, 0.6) is 0 Å². The van der Waals surface area contributed by atoms with E-state index in [1.54, 1.807) is 36.6 Å². The third-order valence-corrected chi connectivity index (χ3v) is 4.52. The van der Waals surface area contributed by atoms with Crippen molar-refractivity contribution < 1.29 is 4.79 Å². The number of anilines is 2. The fraction of sp³-hybridized carbons (Fsp3) is 0.190. The van der Waals surface area contributed by atoms with Crippen LogP contribution in [0.1, 0.15) is 21.6 Å². The molecule has 2 aromatic heterocycles. The topological polar surface area (TPSA) is 58.1 Å². The maximum Gasteiger partial charge on any atom is 0.272 e. The van der Waals surface area contributed by atoms with E-state index in [4.69, 9.17) is 11.6 Å². The summed E-state index contributed by atoms with van der Waals surface area (Å²) in [6.07, 6.45) is 5.96. The molecule has 0 atom stereocenters. The number of hydrogen-bond donors (Lipinski definition) is 1. The number of pyridine rings is 2. The summed E-state index contributed by atoms with van der Waals surface area (Å²) in [7, 11) is 1.79. The van der Waals surface area contributed by atoms with E-state index in [-0.39, 0.29) is 5.91 Å². The third-order valence-electron chi connectivity index (χ3n) is 4.28. The number of likely N-dealkylation sites (N-methyl/N-ethyl adjacent to an activating group) is 1. The van der Waals surface area contributed by atoms with Crippen LogP contribution in [-0.4, -0.2) is 34.4 Å². The van der Waals surface area contributed by atoms with Crippen molar-refractivity contribution in [2.45, 2.75) is 13.3 Å². The summed E-state index contributed by atoms with van der Waals surface area (Å²) in [6, 6.07) is 13.1. The molecule has 0 bridgehead atoms. The number of halogens is 1. The van der Waals surface area contributed by atoms with E-state index in [2.05, 4.69) is 15.3 Å². The molecule has 3 aromatic rings. The Bertz CT molecular complexity index is 913. The van der Waals surface area contributed by atoms with E-state index in [9.17, 15) is 4.79 Å². The molecule has 0 radical (unpaired) electrons. The molecule has 0 unspecified atom stereocenters. The fourth-order valence-electron chi connectivity index (χ4n) is 2.66. The number of benzene rings is 1. The van der Waals surface area contributed by atoms with Crippen LogP contribution in [0.25, 0.3) is 0 Å². The second-order valence-electron chi connectivity index (χ2n) is 6.35.